The van der Waals surface area contributed by atoms with Crippen LogP contribution in [0.3, 0.4) is 0 Å². The molecule has 158 valence electrons. The first kappa shape index (κ1) is 20.8. The molecular formula is C21H27FN2O4S. The lowest BCUT2D eigenvalue weighted by Crippen LogP contribution is -2.31. The van der Waals surface area contributed by atoms with E-state index in [9.17, 15) is 14.3 Å². The SMILES string of the molecule is O=C1N=C(CSC2CCC(O)CC2)N=C2C=C(OCC3CCOCC3)C=C(F)C12. The van der Waals surface area contributed by atoms with Gasteiger partial charge in [0.1, 0.15) is 23.3 Å². The third kappa shape index (κ3) is 5.35. The minimum absolute atomic E-state index is 0.192. The number of amides is 1. The molecule has 4 rings (SSSR count). The van der Waals surface area contributed by atoms with Gasteiger partial charge in [-0.3, -0.25) is 4.79 Å². The number of fused-ring (bicyclic) bond motifs is 1. The smallest absolute Gasteiger partial charge is 0.263 e. The molecule has 1 saturated carbocycles. The number of hydrogen-bond acceptors (Lipinski definition) is 6. The van der Waals surface area contributed by atoms with Gasteiger partial charge < -0.3 is 14.6 Å². The van der Waals surface area contributed by atoms with Crippen LogP contribution >= 0.6 is 11.8 Å². The Morgan fingerprint density at radius 1 is 1.14 bits per heavy atom. The van der Waals surface area contributed by atoms with Gasteiger partial charge in [0.05, 0.1) is 24.2 Å². The molecule has 1 N–H and O–H groups in total. The van der Waals surface area contributed by atoms with Gasteiger partial charge in [0.25, 0.3) is 5.91 Å². The summed E-state index contributed by atoms with van der Waals surface area (Å²) in [5, 5.41) is 10.1. The molecule has 2 heterocycles. The molecule has 0 spiro atoms. The minimum Gasteiger partial charge on any atom is -0.493 e. The molecule has 6 nitrogen and oxygen atoms in total. The average Bonchev–Trinajstić information content (AvgIpc) is 2.72. The number of ether oxygens (including phenoxy) is 2. The van der Waals surface area contributed by atoms with E-state index in [1.54, 1.807) is 17.8 Å². The van der Waals surface area contributed by atoms with Crippen molar-refractivity contribution in [2.75, 3.05) is 25.6 Å². The molecule has 1 unspecified atom stereocenters. The van der Waals surface area contributed by atoms with Gasteiger partial charge in [-0.2, -0.15) is 16.8 Å². The lowest BCUT2D eigenvalue weighted by Gasteiger charge is -2.26. The summed E-state index contributed by atoms with van der Waals surface area (Å²) in [5.41, 5.74) is 0.377. The Labute approximate surface area is 174 Å². The van der Waals surface area contributed by atoms with Gasteiger partial charge in [-0.15, -0.1) is 0 Å². The molecule has 8 heteroatoms. The number of nitrogens with zero attached hydrogens (tertiary/aromatic N) is 2. The second-order valence-corrected chi connectivity index (χ2v) is 9.31. The molecule has 2 aliphatic carbocycles. The molecule has 0 aromatic heterocycles. The molecule has 29 heavy (non-hydrogen) atoms. The number of aliphatic imine (C=N–C) groups is 2. The third-order valence-corrected chi connectivity index (χ3v) is 7.17. The molecule has 0 radical (unpaired) electrons. The zero-order valence-corrected chi connectivity index (χ0v) is 17.2. The number of aliphatic hydroxyl groups excluding tert-OH is 1. The van der Waals surface area contributed by atoms with Gasteiger partial charge in [-0.25, -0.2) is 9.38 Å². The summed E-state index contributed by atoms with van der Waals surface area (Å²) >= 11 is 1.70. The van der Waals surface area contributed by atoms with Crippen molar-refractivity contribution < 1.29 is 23.8 Å². The number of thioether (sulfide) groups is 1. The van der Waals surface area contributed by atoms with Crippen LogP contribution in [0.1, 0.15) is 38.5 Å². The number of aliphatic hydroxyl groups is 1. The van der Waals surface area contributed by atoms with E-state index in [-0.39, 0.29) is 6.10 Å². The maximum absolute atomic E-state index is 14.5. The average molecular weight is 423 g/mol. The predicted octanol–water partition coefficient (Wildman–Crippen LogP) is 3.21. The highest BCUT2D eigenvalue weighted by Crippen LogP contribution is 2.31. The number of carbonyl (C=O) groups is 1. The van der Waals surface area contributed by atoms with Crippen molar-refractivity contribution in [2.24, 2.45) is 21.8 Å². The number of rotatable bonds is 6. The van der Waals surface area contributed by atoms with E-state index in [2.05, 4.69) is 9.98 Å². The van der Waals surface area contributed by atoms with E-state index in [0.717, 1.165) is 51.7 Å². The first-order valence-electron chi connectivity index (χ1n) is 10.4. The maximum atomic E-state index is 14.5. The highest BCUT2D eigenvalue weighted by Gasteiger charge is 2.35. The van der Waals surface area contributed by atoms with Crippen molar-refractivity contribution in [3.8, 4) is 0 Å². The van der Waals surface area contributed by atoms with Gasteiger partial charge in [-0.05, 0) is 44.4 Å². The van der Waals surface area contributed by atoms with Crippen LogP contribution in [0.25, 0.3) is 0 Å². The van der Waals surface area contributed by atoms with Crippen molar-refractivity contribution >= 4 is 29.2 Å². The van der Waals surface area contributed by atoms with Crippen LogP contribution in [0, 0.1) is 11.8 Å². The van der Waals surface area contributed by atoms with Crippen LogP contribution in [-0.4, -0.2) is 59.5 Å². The number of hydrogen-bond donors (Lipinski definition) is 1. The van der Waals surface area contributed by atoms with Crippen LogP contribution in [0.2, 0.25) is 0 Å². The number of allylic oxidation sites excluding steroid dienone is 2. The van der Waals surface area contributed by atoms with Crippen molar-refractivity contribution in [1.82, 2.24) is 0 Å². The van der Waals surface area contributed by atoms with Crippen molar-refractivity contribution in [2.45, 2.75) is 49.9 Å². The van der Waals surface area contributed by atoms with E-state index >= 15 is 0 Å². The number of halogens is 1. The summed E-state index contributed by atoms with van der Waals surface area (Å²) in [7, 11) is 0. The molecule has 1 atom stereocenters. The molecule has 2 aliphatic heterocycles. The topological polar surface area (TPSA) is 80.5 Å². The second-order valence-electron chi connectivity index (χ2n) is 8.02. The molecule has 0 aromatic carbocycles. The van der Waals surface area contributed by atoms with Crippen LogP contribution in [0.5, 0.6) is 0 Å². The first-order chi connectivity index (χ1) is 14.1. The summed E-state index contributed by atoms with van der Waals surface area (Å²) in [6.45, 7) is 1.98. The Hall–Kier alpha value is -1.51. The third-order valence-electron chi connectivity index (χ3n) is 5.80. The van der Waals surface area contributed by atoms with Crippen molar-refractivity contribution in [1.29, 1.82) is 0 Å². The fourth-order valence-corrected chi connectivity index (χ4v) is 5.14. The highest BCUT2D eigenvalue weighted by atomic mass is 32.2. The lowest BCUT2D eigenvalue weighted by atomic mass is 9.94. The van der Waals surface area contributed by atoms with Crippen LogP contribution in [-0.2, 0) is 14.3 Å². The van der Waals surface area contributed by atoms with E-state index in [1.165, 1.54) is 6.08 Å². The molecular weight excluding hydrogens is 395 g/mol. The standard InChI is InChI=1S/C21H27FN2O4S/c22-17-9-15(28-11-13-5-7-27-8-6-13)10-18-20(17)21(26)24-19(23-18)12-29-16-3-1-14(25)2-4-16/h9-10,13-14,16,20,25H,1-8,11-12H2. The van der Waals surface area contributed by atoms with Crippen LogP contribution in [0.15, 0.2) is 33.7 Å². The number of carbonyl (C=O) groups excluding carboxylic acids is 1. The van der Waals surface area contributed by atoms with Gasteiger partial charge in [0.15, 0.2) is 0 Å². The monoisotopic (exact) mass is 422 g/mol. The number of amidine groups is 1. The first-order valence-corrected chi connectivity index (χ1v) is 11.4. The van der Waals surface area contributed by atoms with Crippen LogP contribution < -0.4 is 0 Å². The van der Waals surface area contributed by atoms with Gasteiger partial charge in [0, 0.05) is 30.6 Å². The predicted molar refractivity (Wildman–Crippen MR) is 111 cm³/mol. The van der Waals surface area contributed by atoms with Crippen LogP contribution in [0.4, 0.5) is 4.39 Å². The highest BCUT2D eigenvalue weighted by molar-refractivity contribution is 8.00. The molecule has 0 bridgehead atoms. The summed E-state index contributed by atoms with van der Waals surface area (Å²) < 4.78 is 25.7. The van der Waals surface area contributed by atoms with Crippen molar-refractivity contribution in [3.63, 3.8) is 0 Å². The Morgan fingerprint density at radius 2 is 1.90 bits per heavy atom. The summed E-state index contributed by atoms with van der Waals surface area (Å²) in [4.78, 5) is 20.9. The Bertz CT molecular complexity index is 750. The van der Waals surface area contributed by atoms with Gasteiger partial charge >= 0.3 is 0 Å². The molecule has 1 amide bonds. The lowest BCUT2D eigenvalue weighted by molar-refractivity contribution is -0.119. The Balaban J connectivity index is 1.37. The van der Waals surface area contributed by atoms with Crippen molar-refractivity contribution in [3.05, 3.63) is 23.7 Å². The van der Waals surface area contributed by atoms with E-state index in [0.29, 0.717) is 40.8 Å². The van der Waals surface area contributed by atoms with E-state index in [1.807, 2.05) is 0 Å². The summed E-state index contributed by atoms with van der Waals surface area (Å²) in [6, 6.07) is 0. The van der Waals surface area contributed by atoms with Gasteiger partial charge in [0.2, 0.25) is 0 Å². The zero-order valence-electron chi connectivity index (χ0n) is 16.4. The minimum atomic E-state index is -1.04. The van der Waals surface area contributed by atoms with E-state index in [4.69, 9.17) is 9.47 Å². The fraction of sp³-hybridized carbons (Fsp3) is 0.667. The van der Waals surface area contributed by atoms with Gasteiger partial charge in [-0.1, -0.05) is 0 Å². The Kier molecular flexibility index (Phi) is 6.82. The molecule has 4 aliphatic rings. The normalized spacial score (nSPS) is 30.7. The molecule has 0 aromatic rings. The summed E-state index contributed by atoms with van der Waals surface area (Å²) in [5.74, 6) is -0.340. The largest absolute Gasteiger partial charge is 0.493 e. The zero-order chi connectivity index (χ0) is 20.2. The Morgan fingerprint density at radius 3 is 2.66 bits per heavy atom. The fourth-order valence-electron chi connectivity index (χ4n) is 4.02. The second kappa shape index (κ2) is 9.53. The maximum Gasteiger partial charge on any atom is 0.263 e. The quantitative estimate of drug-likeness (QED) is 0.711. The summed E-state index contributed by atoms with van der Waals surface area (Å²) in [6.07, 6.45) is 8.16. The molecule has 1 saturated heterocycles. The molecule has 2 fully saturated rings. The van der Waals surface area contributed by atoms with E-state index < -0.39 is 17.7 Å².